The van der Waals surface area contributed by atoms with E-state index in [2.05, 4.69) is 15.4 Å². The summed E-state index contributed by atoms with van der Waals surface area (Å²) in [6.07, 6.45) is 1.65. The van der Waals surface area contributed by atoms with Gasteiger partial charge in [0, 0.05) is 29.9 Å². The molecule has 3 aromatic rings. The predicted molar refractivity (Wildman–Crippen MR) is 106 cm³/mol. The monoisotopic (exact) mass is 403 g/mol. The molecule has 3 heterocycles. The van der Waals surface area contributed by atoms with Crippen molar-refractivity contribution in [3.63, 3.8) is 0 Å². The number of halogens is 1. The van der Waals surface area contributed by atoms with E-state index in [0.29, 0.717) is 27.4 Å². The van der Waals surface area contributed by atoms with Gasteiger partial charge in [0.05, 0.1) is 0 Å². The molecule has 1 atom stereocenters. The van der Waals surface area contributed by atoms with Crippen LogP contribution in [-0.4, -0.2) is 33.1 Å². The van der Waals surface area contributed by atoms with Crippen LogP contribution in [0.5, 0.6) is 0 Å². The number of hydrogen-bond acceptors (Lipinski definition) is 6. The number of rotatable bonds is 4. The number of anilines is 1. The van der Waals surface area contributed by atoms with E-state index in [1.807, 2.05) is 17.0 Å². The first-order chi connectivity index (χ1) is 13.0. The fraction of sp³-hybridized carbons (Fsp3) is 0.333. The van der Waals surface area contributed by atoms with Crippen molar-refractivity contribution in [2.75, 3.05) is 11.4 Å². The van der Waals surface area contributed by atoms with Gasteiger partial charge in [-0.3, -0.25) is 9.59 Å². The maximum absolute atomic E-state index is 12.7. The second kappa shape index (κ2) is 7.28. The lowest BCUT2D eigenvalue weighted by Crippen LogP contribution is -2.43. The Kier molecular flexibility index (Phi) is 4.84. The smallest absolute Gasteiger partial charge is 0.275 e. The van der Waals surface area contributed by atoms with E-state index in [1.165, 1.54) is 21.9 Å². The molecule has 2 aromatic heterocycles. The van der Waals surface area contributed by atoms with Gasteiger partial charge in [0.15, 0.2) is 0 Å². The van der Waals surface area contributed by atoms with Crippen molar-refractivity contribution in [1.82, 2.24) is 19.9 Å². The number of aromatic nitrogens is 3. The molecule has 1 aliphatic rings. The van der Waals surface area contributed by atoms with E-state index in [9.17, 15) is 9.59 Å². The molecular weight excluding hydrogens is 386 g/mol. The molecule has 1 unspecified atom stereocenters. The molecule has 1 aliphatic heterocycles. The van der Waals surface area contributed by atoms with Crippen LogP contribution in [-0.2, 0) is 11.3 Å². The average Bonchev–Trinajstić information content (AvgIpc) is 3.27. The summed E-state index contributed by atoms with van der Waals surface area (Å²) >= 11 is 7.22. The quantitative estimate of drug-likeness (QED) is 0.723. The lowest BCUT2D eigenvalue weighted by atomic mass is 10.2. The van der Waals surface area contributed by atoms with Crippen molar-refractivity contribution in [1.29, 1.82) is 0 Å². The summed E-state index contributed by atoms with van der Waals surface area (Å²) in [6.45, 7) is 2.96. The van der Waals surface area contributed by atoms with Gasteiger partial charge >= 0.3 is 0 Å². The minimum absolute atomic E-state index is 0.0433. The van der Waals surface area contributed by atoms with Crippen LogP contribution < -0.4 is 15.8 Å². The maximum atomic E-state index is 12.7. The molecule has 1 aromatic carbocycles. The summed E-state index contributed by atoms with van der Waals surface area (Å²) in [7, 11) is 0. The Balaban J connectivity index is 1.51. The van der Waals surface area contributed by atoms with Gasteiger partial charge in [-0.25, -0.2) is 4.98 Å². The third kappa shape index (κ3) is 3.68. The van der Waals surface area contributed by atoms with Crippen LogP contribution in [0.25, 0.3) is 4.96 Å². The van der Waals surface area contributed by atoms with Gasteiger partial charge in [0.25, 0.3) is 5.56 Å². The van der Waals surface area contributed by atoms with Crippen LogP contribution in [0, 0.1) is 6.92 Å². The Morgan fingerprint density at radius 1 is 1.37 bits per heavy atom. The van der Waals surface area contributed by atoms with Crippen LogP contribution in [0.4, 0.5) is 5.13 Å². The minimum atomic E-state index is -0.297. The number of amides is 1. The Hall–Kier alpha value is -2.45. The summed E-state index contributed by atoms with van der Waals surface area (Å²) in [5.74, 6) is -0.0433. The van der Waals surface area contributed by atoms with E-state index >= 15 is 0 Å². The average molecular weight is 404 g/mol. The highest BCUT2D eigenvalue weighted by Crippen LogP contribution is 2.29. The van der Waals surface area contributed by atoms with Crippen LogP contribution >= 0.6 is 22.9 Å². The standard InChI is InChI=1S/C18H18ClN5O2S/c1-11-9-15(25)24-17(21-11)27-18(22-24)23-8-2-3-14(23)16(26)20-10-12-4-6-13(19)7-5-12/h4-7,9,14H,2-3,8,10H2,1H3,(H,20,26). The van der Waals surface area contributed by atoms with E-state index in [4.69, 9.17) is 11.6 Å². The molecule has 0 radical (unpaired) electrons. The van der Waals surface area contributed by atoms with Crippen molar-refractivity contribution >= 4 is 38.9 Å². The van der Waals surface area contributed by atoms with E-state index in [0.717, 1.165) is 24.9 Å². The van der Waals surface area contributed by atoms with E-state index in [1.54, 1.807) is 19.1 Å². The first-order valence-electron chi connectivity index (χ1n) is 8.67. The zero-order valence-electron chi connectivity index (χ0n) is 14.7. The Morgan fingerprint density at radius 2 is 2.15 bits per heavy atom. The molecule has 1 amide bonds. The number of nitrogens with zero attached hydrogens (tertiary/aromatic N) is 4. The fourth-order valence-corrected chi connectivity index (χ4v) is 4.36. The molecule has 0 saturated carbocycles. The normalized spacial score (nSPS) is 16.8. The number of carbonyl (C=O) groups is 1. The third-order valence-corrected chi connectivity index (χ3v) is 5.74. The topological polar surface area (TPSA) is 79.6 Å². The van der Waals surface area contributed by atoms with Gasteiger partial charge in [0.1, 0.15) is 6.04 Å². The Bertz CT molecular complexity index is 1050. The highest BCUT2D eigenvalue weighted by molar-refractivity contribution is 7.20. The van der Waals surface area contributed by atoms with Crippen molar-refractivity contribution < 1.29 is 4.79 Å². The van der Waals surface area contributed by atoms with Crippen molar-refractivity contribution in [2.45, 2.75) is 32.4 Å². The second-order valence-electron chi connectivity index (χ2n) is 6.51. The number of hydrogen-bond donors (Lipinski definition) is 1. The molecule has 7 nitrogen and oxygen atoms in total. The molecule has 1 N–H and O–H groups in total. The Labute approximate surface area is 164 Å². The first kappa shape index (κ1) is 17.9. The summed E-state index contributed by atoms with van der Waals surface area (Å²) in [6, 6.07) is 8.55. The number of aryl methyl sites for hydroxylation is 1. The minimum Gasteiger partial charge on any atom is -0.350 e. The zero-order valence-corrected chi connectivity index (χ0v) is 16.3. The summed E-state index contributed by atoms with van der Waals surface area (Å²) in [4.78, 5) is 31.7. The Morgan fingerprint density at radius 3 is 2.93 bits per heavy atom. The molecule has 27 heavy (non-hydrogen) atoms. The number of carbonyl (C=O) groups excluding carboxylic acids is 1. The van der Waals surface area contributed by atoms with Gasteiger partial charge < -0.3 is 10.2 Å². The molecule has 140 valence electrons. The van der Waals surface area contributed by atoms with Crippen LogP contribution in [0.1, 0.15) is 24.1 Å². The molecular formula is C18H18ClN5O2S. The van der Waals surface area contributed by atoms with Crippen molar-refractivity contribution in [3.8, 4) is 0 Å². The van der Waals surface area contributed by atoms with Gasteiger partial charge in [-0.2, -0.15) is 4.52 Å². The summed E-state index contributed by atoms with van der Waals surface area (Å²) in [5.41, 5.74) is 1.44. The van der Waals surface area contributed by atoms with Gasteiger partial charge in [0.2, 0.25) is 16.0 Å². The number of nitrogens with one attached hydrogen (secondary N) is 1. The summed E-state index contributed by atoms with van der Waals surface area (Å²) in [5, 5.41) is 8.69. The summed E-state index contributed by atoms with van der Waals surface area (Å²) < 4.78 is 1.30. The number of fused-ring (bicyclic) bond motifs is 1. The molecule has 1 saturated heterocycles. The lowest BCUT2D eigenvalue weighted by molar-refractivity contribution is -0.122. The molecule has 0 spiro atoms. The van der Waals surface area contributed by atoms with Gasteiger partial charge in [-0.15, -0.1) is 5.10 Å². The van der Waals surface area contributed by atoms with E-state index < -0.39 is 0 Å². The molecule has 0 bridgehead atoms. The van der Waals surface area contributed by atoms with Gasteiger partial charge in [-0.05, 0) is 37.5 Å². The second-order valence-corrected chi connectivity index (χ2v) is 7.88. The fourth-order valence-electron chi connectivity index (χ4n) is 3.20. The van der Waals surface area contributed by atoms with Crippen molar-refractivity contribution in [2.24, 2.45) is 0 Å². The lowest BCUT2D eigenvalue weighted by Gasteiger charge is -2.22. The SMILES string of the molecule is Cc1cc(=O)n2nc(N3CCCC3C(=O)NCc3ccc(Cl)cc3)sc2n1. The molecule has 9 heteroatoms. The third-order valence-electron chi connectivity index (χ3n) is 4.54. The van der Waals surface area contributed by atoms with Crippen LogP contribution in [0.2, 0.25) is 5.02 Å². The van der Waals surface area contributed by atoms with Crippen LogP contribution in [0.3, 0.4) is 0 Å². The predicted octanol–water partition coefficient (Wildman–Crippen LogP) is 2.40. The maximum Gasteiger partial charge on any atom is 0.275 e. The largest absolute Gasteiger partial charge is 0.350 e. The highest BCUT2D eigenvalue weighted by Gasteiger charge is 2.33. The molecule has 0 aliphatic carbocycles. The molecule has 4 rings (SSSR count). The highest BCUT2D eigenvalue weighted by atomic mass is 35.5. The van der Waals surface area contributed by atoms with Gasteiger partial charge in [-0.1, -0.05) is 35.1 Å². The number of benzene rings is 1. The van der Waals surface area contributed by atoms with Crippen LogP contribution in [0.15, 0.2) is 35.1 Å². The zero-order chi connectivity index (χ0) is 19.0. The van der Waals surface area contributed by atoms with E-state index in [-0.39, 0.29) is 17.5 Å². The first-order valence-corrected chi connectivity index (χ1v) is 9.87. The van der Waals surface area contributed by atoms with Crippen molar-refractivity contribution in [3.05, 3.63) is 57.0 Å². The molecule has 1 fully saturated rings.